The Morgan fingerprint density at radius 3 is 2.43 bits per heavy atom. The van der Waals surface area contributed by atoms with Gasteiger partial charge in [-0.25, -0.2) is 9.59 Å². The van der Waals surface area contributed by atoms with E-state index in [1.807, 2.05) is 35.8 Å². The molecule has 0 aromatic heterocycles. The van der Waals surface area contributed by atoms with E-state index in [0.29, 0.717) is 19.4 Å². The first-order valence-corrected chi connectivity index (χ1v) is 7.69. The smallest absolute Gasteiger partial charge is 0.441 e. The van der Waals surface area contributed by atoms with Crippen molar-refractivity contribution in [3.63, 3.8) is 0 Å². The van der Waals surface area contributed by atoms with Crippen LogP contribution in [0, 0.1) is 5.92 Å². The highest BCUT2D eigenvalue weighted by atomic mass is 16.7. The molecule has 23 heavy (non-hydrogen) atoms. The zero-order chi connectivity index (χ0) is 16.9. The molecule has 6 nitrogen and oxygen atoms in total. The van der Waals surface area contributed by atoms with Crippen molar-refractivity contribution < 1.29 is 23.9 Å². The molecular formula is C17H23NO5. The van der Waals surface area contributed by atoms with E-state index in [9.17, 15) is 9.59 Å². The van der Waals surface area contributed by atoms with E-state index in [4.69, 9.17) is 14.3 Å². The molecule has 0 spiro atoms. The van der Waals surface area contributed by atoms with Crippen LogP contribution in [0.5, 0.6) is 0 Å². The maximum absolute atomic E-state index is 11.8. The summed E-state index contributed by atoms with van der Waals surface area (Å²) in [6.07, 6.45) is 0.472. The Balaban J connectivity index is 1.61. The van der Waals surface area contributed by atoms with Crippen LogP contribution in [-0.4, -0.2) is 23.8 Å². The van der Waals surface area contributed by atoms with Gasteiger partial charge in [-0.2, -0.15) is 0 Å². The first-order valence-electron chi connectivity index (χ1n) is 7.69. The number of ether oxygens (including phenoxy) is 2. The minimum atomic E-state index is -0.776. The van der Waals surface area contributed by atoms with Gasteiger partial charge < -0.3 is 14.3 Å². The van der Waals surface area contributed by atoms with Crippen molar-refractivity contribution >= 4 is 12.1 Å². The number of hydroxylamine groups is 1. The lowest BCUT2D eigenvalue weighted by Gasteiger charge is -2.33. The SMILES string of the molecule is CC(C)(C)OC(=O)NOC(=O)C1CC(OCc2ccccc2)C1. The predicted molar refractivity (Wildman–Crippen MR) is 83.2 cm³/mol. The molecule has 1 saturated carbocycles. The molecule has 1 aromatic rings. The van der Waals surface area contributed by atoms with Crippen LogP contribution >= 0.6 is 0 Å². The van der Waals surface area contributed by atoms with Crippen LogP contribution in [-0.2, 0) is 25.7 Å². The Morgan fingerprint density at radius 1 is 1.17 bits per heavy atom. The summed E-state index contributed by atoms with van der Waals surface area (Å²) in [6.45, 7) is 5.72. The number of hydrogen-bond acceptors (Lipinski definition) is 5. The average Bonchev–Trinajstić information content (AvgIpc) is 2.42. The summed E-state index contributed by atoms with van der Waals surface area (Å²) < 4.78 is 10.7. The van der Waals surface area contributed by atoms with Gasteiger partial charge >= 0.3 is 12.1 Å². The molecule has 1 aromatic carbocycles. The van der Waals surface area contributed by atoms with Gasteiger partial charge in [0.15, 0.2) is 0 Å². The van der Waals surface area contributed by atoms with Crippen LogP contribution in [0.1, 0.15) is 39.2 Å². The van der Waals surface area contributed by atoms with E-state index in [1.54, 1.807) is 20.8 Å². The topological polar surface area (TPSA) is 73.9 Å². The summed E-state index contributed by atoms with van der Waals surface area (Å²) >= 11 is 0. The number of carbonyl (C=O) groups is 2. The molecule has 0 aliphatic heterocycles. The molecule has 0 radical (unpaired) electrons. The fourth-order valence-corrected chi connectivity index (χ4v) is 2.16. The Labute approximate surface area is 136 Å². The second kappa shape index (κ2) is 7.46. The fourth-order valence-electron chi connectivity index (χ4n) is 2.16. The number of benzene rings is 1. The van der Waals surface area contributed by atoms with Crippen LogP contribution in [0.2, 0.25) is 0 Å². The van der Waals surface area contributed by atoms with E-state index >= 15 is 0 Å². The second-order valence-corrected chi connectivity index (χ2v) is 6.61. The molecule has 1 N–H and O–H groups in total. The van der Waals surface area contributed by atoms with Gasteiger partial charge in [-0.3, -0.25) is 0 Å². The minimum Gasteiger partial charge on any atom is -0.442 e. The van der Waals surface area contributed by atoms with Crippen molar-refractivity contribution in [3.05, 3.63) is 35.9 Å². The van der Waals surface area contributed by atoms with Gasteiger partial charge in [-0.05, 0) is 39.2 Å². The lowest BCUT2D eigenvalue weighted by Crippen LogP contribution is -2.41. The lowest BCUT2D eigenvalue weighted by molar-refractivity contribution is -0.165. The van der Waals surface area contributed by atoms with Gasteiger partial charge in [0.05, 0.1) is 18.6 Å². The quantitative estimate of drug-likeness (QED) is 0.863. The maximum Gasteiger partial charge on any atom is 0.441 e. The zero-order valence-corrected chi connectivity index (χ0v) is 13.7. The van der Waals surface area contributed by atoms with E-state index in [1.165, 1.54) is 0 Å². The molecule has 0 bridgehead atoms. The van der Waals surface area contributed by atoms with Crippen LogP contribution in [0.3, 0.4) is 0 Å². The molecule has 126 valence electrons. The Morgan fingerprint density at radius 2 is 1.83 bits per heavy atom. The second-order valence-electron chi connectivity index (χ2n) is 6.61. The van der Waals surface area contributed by atoms with Crippen molar-refractivity contribution in [1.29, 1.82) is 0 Å². The maximum atomic E-state index is 11.8. The number of rotatable bonds is 4. The highest BCUT2D eigenvalue weighted by Gasteiger charge is 2.37. The van der Waals surface area contributed by atoms with Crippen LogP contribution < -0.4 is 5.48 Å². The van der Waals surface area contributed by atoms with E-state index in [0.717, 1.165) is 5.56 Å². The fraction of sp³-hybridized carbons (Fsp3) is 0.529. The van der Waals surface area contributed by atoms with Crippen LogP contribution in [0.15, 0.2) is 30.3 Å². The largest absolute Gasteiger partial charge is 0.442 e. The molecule has 0 saturated heterocycles. The molecule has 1 aliphatic carbocycles. The van der Waals surface area contributed by atoms with E-state index in [2.05, 4.69) is 0 Å². The van der Waals surface area contributed by atoms with Crippen molar-refractivity contribution in [2.75, 3.05) is 0 Å². The number of amides is 1. The number of nitrogens with one attached hydrogen (secondary N) is 1. The van der Waals surface area contributed by atoms with Gasteiger partial charge in [0, 0.05) is 0 Å². The molecule has 0 unspecified atom stereocenters. The minimum absolute atomic E-state index is 0.0503. The normalized spacial score (nSPS) is 20.3. The number of carbonyl (C=O) groups excluding carboxylic acids is 2. The van der Waals surface area contributed by atoms with E-state index in [-0.39, 0.29) is 12.0 Å². The predicted octanol–water partition coefficient (Wildman–Crippen LogP) is 2.96. The lowest BCUT2D eigenvalue weighted by atomic mass is 9.82. The molecule has 1 amide bonds. The first-order chi connectivity index (χ1) is 10.8. The molecule has 0 heterocycles. The molecule has 6 heteroatoms. The molecular weight excluding hydrogens is 298 g/mol. The number of hydrogen-bond donors (Lipinski definition) is 1. The van der Waals surface area contributed by atoms with Crippen molar-refractivity contribution in [3.8, 4) is 0 Å². The van der Waals surface area contributed by atoms with Gasteiger partial charge in [0.1, 0.15) is 5.60 Å². The third-order valence-electron chi connectivity index (χ3n) is 3.39. The third-order valence-corrected chi connectivity index (χ3v) is 3.39. The summed E-state index contributed by atoms with van der Waals surface area (Å²) in [6, 6.07) is 9.87. The van der Waals surface area contributed by atoms with Crippen molar-refractivity contribution in [2.24, 2.45) is 5.92 Å². The van der Waals surface area contributed by atoms with Crippen LogP contribution in [0.25, 0.3) is 0 Å². The molecule has 1 fully saturated rings. The summed E-state index contributed by atoms with van der Waals surface area (Å²) in [7, 11) is 0. The summed E-state index contributed by atoms with van der Waals surface area (Å²) in [5.41, 5.74) is 2.48. The first kappa shape index (κ1) is 17.3. The Bertz CT molecular complexity index is 532. The summed E-state index contributed by atoms with van der Waals surface area (Å²) in [4.78, 5) is 27.9. The Hall–Kier alpha value is -2.08. The molecule has 2 rings (SSSR count). The highest BCUT2D eigenvalue weighted by molar-refractivity contribution is 5.76. The van der Waals surface area contributed by atoms with Crippen LogP contribution in [0.4, 0.5) is 4.79 Å². The highest BCUT2D eigenvalue weighted by Crippen LogP contribution is 2.31. The summed E-state index contributed by atoms with van der Waals surface area (Å²) in [5.74, 6) is -0.707. The van der Waals surface area contributed by atoms with Gasteiger partial charge in [0.2, 0.25) is 0 Å². The third kappa shape index (κ3) is 5.90. The van der Waals surface area contributed by atoms with E-state index < -0.39 is 17.7 Å². The van der Waals surface area contributed by atoms with Crippen molar-refractivity contribution in [1.82, 2.24) is 5.48 Å². The summed E-state index contributed by atoms with van der Waals surface area (Å²) in [5, 5.41) is 0. The molecule has 1 aliphatic rings. The monoisotopic (exact) mass is 321 g/mol. The van der Waals surface area contributed by atoms with Gasteiger partial charge in [-0.15, -0.1) is 5.48 Å². The average molecular weight is 321 g/mol. The molecule has 0 atom stereocenters. The van der Waals surface area contributed by atoms with Gasteiger partial charge in [0.25, 0.3) is 0 Å². The Kier molecular flexibility index (Phi) is 5.60. The van der Waals surface area contributed by atoms with Gasteiger partial charge in [-0.1, -0.05) is 30.3 Å². The standard InChI is InChI=1S/C17H23NO5/c1-17(2,3)22-16(20)18-23-15(19)13-9-14(10-13)21-11-12-7-5-4-6-8-12/h4-8,13-14H,9-11H2,1-3H3,(H,18,20). The van der Waals surface area contributed by atoms with Crippen molar-refractivity contribution in [2.45, 2.75) is 51.9 Å². The zero-order valence-electron chi connectivity index (χ0n) is 13.7.